The Bertz CT molecular complexity index is 1070. The Balaban J connectivity index is 1.86. The summed E-state index contributed by atoms with van der Waals surface area (Å²) < 4.78 is 47.8. The number of aliphatic carboxylic acids is 1. The van der Waals surface area contributed by atoms with E-state index in [1.807, 2.05) is 0 Å². The molecule has 0 aromatic heterocycles. The summed E-state index contributed by atoms with van der Waals surface area (Å²) >= 11 is 0. The van der Waals surface area contributed by atoms with Gasteiger partial charge in [0.2, 0.25) is 15.9 Å². The Hall–Kier alpha value is -2.33. The minimum atomic E-state index is -3.85. The van der Waals surface area contributed by atoms with Gasteiger partial charge in [-0.1, -0.05) is 19.8 Å². The van der Waals surface area contributed by atoms with Crippen LogP contribution in [0.2, 0.25) is 0 Å². The number of rotatable bonds is 8. The minimum absolute atomic E-state index is 0.00808. The van der Waals surface area contributed by atoms with Gasteiger partial charge in [0.05, 0.1) is 11.4 Å². The number of likely N-dealkylation sites (N-methyl/N-ethyl adjacent to an activating group) is 1. The number of hydrogen-bond acceptors (Lipinski definition) is 6. The van der Waals surface area contributed by atoms with Crippen LogP contribution in [0, 0.1) is 5.92 Å². The summed E-state index contributed by atoms with van der Waals surface area (Å²) in [5.74, 6) is -2.42. The van der Waals surface area contributed by atoms with Crippen molar-refractivity contribution >= 4 is 27.4 Å². The molecule has 182 valence electrons. The van der Waals surface area contributed by atoms with E-state index >= 15 is 0 Å². The molecule has 1 aliphatic heterocycles. The highest BCUT2D eigenvalue weighted by molar-refractivity contribution is 7.89. The van der Waals surface area contributed by atoms with Gasteiger partial charge in [-0.2, -0.15) is 8.70 Å². The quantitative estimate of drug-likeness (QED) is 0.448. The highest BCUT2D eigenvalue weighted by atomic mass is 32.2. The third kappa shape index (κ3) is 3.97. The van der Waals surface area contributed by atoms with Crippen LogP contribution in [0.5, 0.6) is 5.75 Å². The van der Waals surface area contributed by atoms with E-state index in [-0.39, 0.29) is 22.2 Å². The van der Waals surface area contributed by atoms with Gasteiger partial charge in [-0.25, -0.2) is 13.2 Å². The van der Waals surface area contributed by atoms with E-state index in [0.717, 1.165) is 44.4 Å². The molecular formula is C23H32FN3O5S. The van der Waals surface area contributed by atoms with Crippen LogP contribution in [0.15, 0.2) is 29.1 Å². The first-order chi connectivity index (χ1) is 15.5. The molecule has 3 aliphatic carbocycles. The molecule has 0 amide bonds. The number of carboxylic acid groups (broad SMARTS) is 1. The van der Waals surface area contributed by atoms with E-state index in [2.05, 4.69) is 11.8 Å². The number of benzene rings is 1. The molecule has 1 atom stereocenters. The average molecular weight is 482 g/mol. The van der Waals surface area contributed by atoms with Crippen molar-refractivity contribution in [2.75, 3.05) is 37.5 Å². The lowest BCUT2D eigenvalue weighted by Gasteiger charge is -2.67. The number of sulfonamides is 1. The Morgan fingerprint density at radius 3 is 2.52 bits per heavy atom. The highest BCUT2D eigenvalue weighted by Gasteiger charge is 2.61. The summed E-state index contributed by atoms with van der Waals surface area (Å²) in [6, 6.07) is 3.03. The Morgan fingerprint density at radius 1 is 1.33 bits per heavy atom. The molecule has 1 aromatic rings. The number of hydrogen-bond donors (Lipinski definition) is 1. The van der Waals surface area contributed by atoms with Crippen molar-refractivity contribution in [2.45, 2.75) is 61.9 Å². The van der Waals surface area contributed by atoms with Crippen molar-refractivity contribution in [2.24, 2.45) is 5.92 Å². The van der Waals surface area contributed by atoms with E-state index in [4.69, 9.17) is 9.84 Å². The Morgan fingerprint density at radius 2 is 2.00 bits per heavy atom. The molecule has 3 fully saturated rings. The van der Waals surface area contributed by atoms with Gasteiger partial charge in [0.1, 0.15) is 11.2 Å². The maximum absolute atomic E-state index is 13.7. The fraction of sp³-hybridized carbons (Fsp3) is 0.609. The van der Waals surface area contributed by atoms with Crippen LogP contribution >= 0.6 is 0 Å². The van der Waals surface area contributed by atoms with Gasteiger partial charge in [-0.05, 0) is 37.7 Å². The van der Waals surface area contributed by atoms with E-state index in [0.29, 0.717) is 24.2 Å². The molecule has 2 bridgehead atoms. The largest absolute Gasteiger partial charge is 0.476 e. The van der Waals surface area contributed by atoms with Crippen molar-refractivity contribution in [1.82, 2.24) is 4.31 Å². The number of fused-ring (bicyclic) bond motifs is 1. The second kappa shape index (κ2) is 8.47. The molecule has 0 radical (unpaired) electrons. The molecule has 33 heavy (non-hydrogen) atoms. The zero-order chi connectivity index (χ0) is 24.1. The van der Waals surface area contributed by atoms with Crippen LogP contribution in [0.4, 0.5) is 15.8 Å². The Labute approximate surface area is 194 Å². The third-order valence-corrected chi connectivity index (χ3v) is 9.28. The number of carbonyl (C=O) groups is 1. The summed E-state index contributed by atoms with van der Waals surface area (Å²) in [5, 5.41) is 8.80. The predicted octanol–water partition coefficient (Wildman–Crippen LogP) is 3.58. The second-order valence-corrected chi connectivity index (χ2v) is 11.7. The summed E-state index contributed by atoms with van der Waals surface area (Å²) in [6.07, 6.45) is 6.38. The summed E-state index contributed by atoms with van der Waals surface area (Å²) in [4.78, 5) is 15.0. The first-order valence-electron chi connectivity index (χ1n) is 11.4. The van der Waals surface area contributed by atoms with Gasteiger partial charge >= 0.3 is 5.97 Å². The van der Waals surface area contributed by atoms with Gasteiger partial charge in [-0.15, -0.1) is 0 Å². The van der Waals surface area contributed by atoms with Crippen molar-refractivity contribution in [3.8, 4) is 5.75 Å². The summed E-state index contributed by atoms with van der Waals surface area (Å²) in [7, 11) is 1.32. The number of ether oxygens (including phenoxy) is 1. The predicted molar refractivity (Wildman–Crippen MR) is 124 cm³/mol. The number of nitrogens with zero attached hydrogens (tertiary/aromatic N) is 3. The zero-order valence-corrected chi connectivity index (χ0v) is 20.4. The molecule has 0 spiro atoms. The van der Waals surface area contributed by atoms with Gasteiger partial charge < -0.3 is 19.6 Å². The van der Waals surface area contributed by atoms with Crippen LogP contribution in [0.25, 0.3) is 0 Å². The SMILES string of the molecule is CCCC[C@@H]1CN(C23CC(C2)C3)c2cc(N(C)C)c(O/C=C(\F)C(=O)O)cc2S(=O)(=O)N1C. The van der Waals surface area contributed by atoms with Gasteiger partial charge in [0, 0.05) is 45.3 Å². The third-order valence-electron chi connectivity index (χ3n) is 7.34. The van der Waals surface area contributed by atoms with Crippen LogP contribution in [-0.4, -0.2) is 63.1 Å². The minimum Gasteiger partial charge on any atom is -0.476 e. The van der Waals surface area contributed by atoms with Crippen molar-refractivity contribution in [1.29, 1.82) is 0 Å². The molecule has 8 nitrogen and oxygen atoms in total. The lowest BCUT2D eigenvalue weighted by atomic mass is 9.49. The average Bonchev–Trinajstić information content (AvgIpc) is 2.76. The standard InChI is InChI=1S/C23H32FN3O5S/c1-5-6-7-16-13-27(23-10-15(11-23)12-23)19-8-18(25(2)3)20(32-14-17(24)22(28)29)9-21(19)33(30,31)26(16)4/h8-9,14-16H,5-7,10-13H2,1-4H3,(H,28,29)/b17-14-/t15?,16-,23?/m1/s1. The smallest absolute Gasteiger partial charge is 0.368 e. The second-order valence-electron chi connectivity index (χ2n) is 9.70. The first kappa shape index (κ1) is 23.8. The summed E-state index contributed by atoms with van der Waals surface area (Å²) in [5.41, 5.74) is 1.17. The monoisotopic (exact) mass is 481 g/mol. The number of unbranched alkanes of at least 4 members (excludes halogenated alkanes) is 1. The molecule has 3 saturated carbocycles. The number of anilines is 2. The maximum atomic E-state index is 13.7. The van der Waals surface area contributed by atoms with E-state index in [1.54, 1.807) is 32.1 Å². The molecule has 1 heterocycles. The molecular weight excluding hydrogens is 449 g/mol. The summed E-state index contributed by atoms with van der Waals surface area (Å²) in [6.45, 7) is 2.71. The van der Waals surface area contributed by atoms with Crippen LogP contribution in [0.1, 0.15) is 45.4 Å². The number of carboxylic acids is 1. The molecule has 0 saturated heterocycles. The first-order valence-corrected chi connectivity index (χ1v) is 12.8. The normalized spacial score (nSPS) is 28.3. The lowest BCUT2D eigenvalue weighted by molar-refractivity contribution is -0.134. The molecule has 1 aromatic carbocycles. The lowest BCUT2D eigenvalue weighted by Crippen LogP contribution is -2.69. The van der Waals surface area contributed by atoms with Gasteiger partial charge in [0.15, 0.2) is 5.75 Å². The highest BCUT2D eigenvalue weighted by Crippen LogP contribution is 2.62. The van der Waals surface area contributed by atoms with E-state index in [1.165, 1.54) is 10.4 Å². The molecule has 5 rings (SSSR count). The zero-order valence-electron chi connectivity index (χ0n) is 19.5. The van der Waals surface area contributed by atoms with Crippen LogP contribution < -0.4 is 14.5 Å². The molecule has 0 unspecified atom stereocenters. The van der Waals surface area contributed by atoms with Crippen molar-refractivity contribution in [3.05, 3.63) is 24.2 Å². The topological polar surface area (TPSA) is 90.4 Å². The number of halogens is 1. The van der Waals surface area contributed by atoms with Crippen LogP contribution in [0.3, 0.4) is 0 Å². The maximum Gasteiger partial charge on any atom is 0.368 e. The van der Waals surface area contributed by atoms with Crippen molar-refractivity contribution < 1.29 is 27.4 Å². The van der Waals surface area contributed by atoms with E-state index in [9.17, 15) is 17.6 Å². The fourth-order valence-corrected chi connectivity index (χ4v) is 6.83. The van der Waals surface area contributed by atoms with E-state index < -0.39 is 21.8 Å². The van der Waals surface area contributed by atoms with Crippen molar-refractivity contribution in [3.63, 3.8) is 0 Å². The molecule has 10 heteroatoms. The Kier molecular flexibility index (Phi) is 6.11. The fourth-order valence-electron chi connectivity index (χ4n) is 5.27. The van der Waals surface area contributed by atoms with Gasteiger partial charge in [0.25, 0.3) is 0 Å². The molecule has 4 aliphatic rings. The van der Waals surface area contributed by atoms with Gasteiger partial charge in [-0.3, -0.25) is 0 Å². The molecule has 1 N–H and O–H groups in total. The van der Waals surface area contributed by atoms with Crippen LogP contribution in [-0.2, 0) is 14.8 Å².